The quantitative estimate of drug-likeness (QED) is 0.420. The lowest BCUT2D eigenvalue weighted by atomic mass is 10.0. The monoisotopic (exact) mass is 260 g/mol. The summed E-state index contributed by atoms with van der Waals surface area (Å²) in [6, 6.07) is 0. The maximum Gasteiger partial charge on any atom is 0.183 e. The van der Waals surface area contributed by atoms with Gasteiger partial charge in [0.2, 0.25) is 0 Å². The first kappa shape index (κ1) is 16.1. The van der Waals surface area contributed by atoms with Crippen LogP contribution in [0.15, 0.2) is 0 Å². The molecule has 1 saturated heterocycles. The minimum Gasteiger partial charge on any atom is -0.390 e. The van der Waals surface area contributed by atoms with Crippen LogP contribution in [0.3, 0.4) is 0 Å². The molecule has 0 saturated carbocycles. The molecule has 1 aliphatic rings. The smallest absolute Gasteiger partial charge is 0.183 e. The molecule has 1 heterocycles. The van der Waals surface area contributed by atoms with Gasteiger partial charge in [0.1, 0.15) is 6.10 Å². The second-order valence-corrected chi connectivity index (χ2v) is 4.52. The number of hydrogen-bond donors (Lipinski definition) is 5. The average Bonchev–Trinajstić information content (AvgIpc) is 2.25. The van der Waals surface area contributed by atoms with E-state index in [2.05, 4.69) is 0 Å². The molecule has 0 bridgehead atoms. The molecular formula is C8H18FO6P. The molecular weight excluding hydrogens is 242 g/mol. The maximum atomic E-state index is 9.50. The van der Waals surface area contributed by atoms with Crippen molar-refractivity contribution in [2.45, 2.75) is 37.4 Å². The number of aliphatic hydroxyl groups excluding tert-OH is 3. The molecule has 98 valence electrons. The van der Waals surface area contributed by atoms with Gasteiger partial charge in [0.25, 0.3) is 0 Å². The number of halogens is 1. The van der Waals surface area contributed by atoms with Gasteiger partial charge in [-0.15, -0.1) is 0 Å². The Kier molecular flexibility index (Phi) is 8.31. The number of alkyl halides is 1. The topological polar surface area (TPSA) is 110 Å². The van der Waals surface area contributed by atoms with E-state index in [1.807, 2.05) is 0 Å². The minimum atomic E-state index is -1.97. The number of ether oxygens (including phenoxy) is 1. The molecule has 0 radical (unpaired) electrons. The van der Waals surface area contributed by atoms with Crippen molar-refractivity contribution in [2.24, 2.45) is 0 Å². The predicted molar refractivity (Wildman–Crippen MR) is 55.4 cm³/mol. The molecule has 4 atom stereocenters. The summed E-state index contributed by atoms with van der Waals surface area (Å²) in [5, 5.41) is 27.5. The van der Waals surface area contributed by atoms with Gasteiger partial charge in [-0.2, -0.15) is 0 Å². The molecule has 0 aliphatic carbocycles. The van der Waals surface area contributed by atoms with E-state index in [0.717, 1.165) is 0 Å². The van der Waals surface area contributed by atoms with Crippen LogP contribution in [-0.4, -0.2) is 63.0 Å². The van der Waals surface area contributed by atoms with Crippen LogP contribution < -0.4 is 0 Å². The predicted octanol–water partition coefficient (Wildman–Crippen LogP) is -0.912. The van der Waals surface area contributed by atoms with Crippen molar-refractivity contribution in [1.82, 2.24) is 0 Å². The Morgan fingerprint density at radius 1 is 1.25 bits per heavy atom. The molecule has 1 rings (SSSR count). The Bertz CT molecular complexity index is 172. The van der Waals surface area contributed by atoms with E-state index in [9.17, 15) is 9.50 Å². The van der Waals surface area contributed by atoms with Gasteiger partial charge in [0.05, 0.1) is 19.4 Å². The van der Waals surface area contributed by atoms with E-state index in [0.29, 0.717) is 13.6 Å². The van der Waals surface area contributed by atoms with E-state index >= 15 is 0 Å². The van der Waals surface area contributed by atoms with Crippen LogP contribution in [0.25, 0.3) is 0 Å². The summed E-state index contributed by atoms with van der Waals surface area (Å²) >= 11 is 0. The van der Waals surface area contributed by atoms with Crippen molar-refractivity contribution in [3.8, 4) is 0 Å². The van der Waals surface area contributed by atoms with Crippen LogP contribution in [0.1, 0.15) is 12.8 Å². The minimum absolute atomic E-state index is 0.176. The molecule has 1 aliphatic heterocycles. The van der Waals surface area contributed by atoms with E-state index in [-0.39, 0.29) is 12.6 Å². The van der Waals surface area contributed by atoms with Gasteiger partial charge in [-0.25, -0.2) is 0 Å². The number of rotatable bonds is 3. The summed E-state index contributed by atoms with van der Waals surface area (Å²) in [6.45, 7) is 0. The normalized spacial score (nSPS) is 34.5. The van der Waals surface area contributed by atoms with Crippen LogP contribution in [-0.2, 0) is 4.74 Å². The summed E-state index contributed by atoms with van der Waals surface area (Å²) in [5.74, 6) is 0. The fraction of sp³-hybridized carbons (Fsp3) is 1.00. The van der Waals surface area contributed by atoms with Crippen molar-refractivity contribution in [2.75, 3.05) is 13.3 Å². The second-order valence-electron chi connectivity index (χ2n) is 3.33. The molecule has 16 heavy (non-hydrogen) atoms. The zero-order valence-electron chi connectivity index (χ0n) is 8.90. The fourth-order valence-corrected chi connectivity index (χ4v) is 1.90. The SMILES string of the molecule is CF.OC1CC(CCP(O)O)OC(O)C1O. The molecule has 0 aromatic rings. The van der Waals surface area contributed by atoms with Crippen LogP contribution in [0.4, 0.5) is 4.39 Å². The highest BCUT2D eigenvalue weighted by Gasteiger charge is 2.35. The highest BCUT2D eigenvalue weighted by Crippen LogP contribution is 2.28. The third-order valence-electron chi connectivity index (χ3n) is 2.17. The zero-order chi connectivity index (χ0) is 12.7. The first-order valence-electron chi connectivity index (χ1n) is 4.73. The summed E-state index contributed by atoms with van der Waals surface area (Å²) in [6.07, 6.45) is -3.42. The van der Waals surface area contributed by atoms with Crippen molar-refractivity contribution >= 4 is 8.38 Å². The summed E-state index contributed by atoms with van der Waals surface area (Å²) in [7, 11) is -1.47. The van der Waals surface area contributed by atoms with Crippen LogP contribution in [0.5, 0.6) is 0 Å². The lowest BCUT2D eigenvalue weighted by Crippen LogP contribution is -2.48. The van der Waals surface area contributed by atoms with E-state index in [4.69, 9.17) is 24.7 Å². The molecule has 0 amide bonds. The van der Waals surface area contributed by atoms with Gasteiger partial charge >= 0.3 is 0 Å². The molecule has 1 fully saturated rings. The third-order valence-corrected chi connectivity index (χ3v) is 2.83. The maximum absolute atomic E-state index is 9.50. The summed E-state index contributed by atoms with van der Waals surface area (Å²) < 4.78 is 14.5. The number of hydrogen-bond acceptors (Lipinski definition) is 6. The van der Waals surface area contributed by atoms with Gasteiger partial charge in [0, 0.05) is 12.6 Å². The highest BCUT2D eigenvalue weighted by molar-refractivity contribution is 7.45. The lowest BCUT2D eigenvalue weighted by Gasteiger charge is -2.34. The molecule has 8 heteroatoms. The number of aliphatic hydroxyl groups is 3. The Balaban J connectivity index is 0.00000106. The largest absolute Gasteiger partial charge is 0.390 e. The molecule has 0 spiro atoms. The Hall–Kier alpha value is 0.120. The van der Waals surface area contributed by atoms with Crippen LogP contribution in [0, 0.1) is 0 Å². The van der Waals surface area contributed by atoms with E-state index in [1.165, 1.54) is 0 Å². The van der Waals surface area contributed by atoms with Gasteiger partial charge in [0.15, 0.2) is 14.7 Å². The van der Waals surface area contributed by atoms with E-state index < -0.39 is 33.0 Å². The van der Waals surface area contributed by atoms with Gasteiger partial charge in [-0.05, 0) is 6.42 Å². The molecule has 0 aromatic carbocycles. The average molecular weight is 260 g/mol. The second kappa shape index (κ2) is 8.25. The van der Waals surface area contributed by atoms with Crippen LogP contribution in [0.2, 0.25) is 0 Å². The van der Waals surface area contributed by atoms with Crippen molar-refractivity contribution in [3.63, 3.8) is 0 Å². The summed E-state index contributed by atoms with van der Waals surface area (Å²) in [4.78, 5) is 17.3. The lowest BCUT2D eigenvalue weighted by molar-refractivity contribution is -0.246. The van der Waals surface area contributed by atoms with Crippen molar-refractivity contribution in [1.29, 1.82) is 0 Å². The first-order chi connectivity index (χ1) is 7.50. The van der Waals surface area contributed by atoms with Gasteiger partial charge < -0.3 is 29.8 Å². The van der Waals surface area contributed by atoms with E-state index in [1.54, 1.807) is 0 Å². The van der Waals surface area contributed by atoms with Gasteiger partial charge in [-0.1, -0.05) is 0 Å². The molecule has 6 nitrogen and oxygen atoms in total. The summed E-state index contributed by atoms with van der Waals surface area (Å²) in [5.41, 5.74) is 0. The van der Waals surface area contributed by atoms with Crippen molar-refractivity contribution < 1.29 is 34.2 Å². The Morgan fingerprint density at radius 2 is 1.81 bits per heavy atom. The Morgan fingerprint density at radius 3 is 2.25 bits per heavy atom. The molecule has 4 unspecified atom stereocenters. The highest BCUT2D eigenvalue weighted by atomic mass is 31.2. The van der Waals surface area contributed by atoms with Crippen LogP contribution >= 0.6 is 8.38 Å². The van der Waals surface area contributed by atoms with Crippen molar-refractivity contribution in [3.05, 3.63) is 0 Å². The zero-order valence-corrected chi connectivity index (χ0v) is 9.79. The third kappa shape index (κ3) is 5.45. The molecule has 5 N–H and O–H groups in total. The molecule has 0 aromatic heterocycles. The Labute approximate surface area is 94.2 Å². The first-order valence-corrected chi connectivity index (χ1v) is 6.16. The fourth-order valence-electron chi connectivity index (χ4n) is 1.38. The standard InChI is InChI=1S/C7H15O6P.CH3F/c8-5-3-4(1-2-14(11)12)13-7(10)6(5)9;1-2/h4-12H,1-3H2;1H3. The van der Waals surface area contributed by atoms with Gasteiger partial charge in [-0.3, -0.25) is 4.39 Å².